The fourth-order valence-electron chi connectivity index (χ4n) is 2.17. The second-order valence-corrected chi connectivity index (χ2v) is 6.02. The second kappa shape index (κ2) is 8.26. The molecule has 0 spiro atoms. The van der Waals surface area contributed by atoms with E-state index in [0.29, 0.717) is 10.6 Å². The Morgan fingerprint density at radius 2 is 1.84 bits per heavy atom. The van der Waals surface area contributed by atoms with Gasteiger partial charge in [-0.3, -0.25) is 14.9 Å². The van der Waals surface area contributed by atoms with E-state index in [1.54, 1.807) is 0 Å². The van der Waals surface area contributed by atoms with Crippen LogP contribution in [0.4, 0.5) is 5.69 Å². The van der Waals surface area contributed by atoms with E-state index in [9.17, 15) is 25.1 Å². The molecule has 0 aliphatic heterocycles. The highest BCUT2D eigenvalue weighted by Gasteiger charge is 2.24. The molecule has 0 saturated carbocycles. The van der Waals surface area contributed by atoms with Gasteiger partial charge in [0.1, 0.15) is 6.10 Å². The number of aliphatic hydroxyl groups is 2. The van der Waals surface area contributed by atoms with Crippen molar-refractivity contribution in [2.45, 2.75) is 12.1 Å². The number of nitrogens with one attached hydrogen (secondary N) is 1. The van der Waals surface area contributed by atoms with Gasteiger partial charge in [-0.1, -0.05) is 23.2 Å². The van der Waals surface area contributed by atoms with Crippen LogP contribution in [-0.2, 0) is 0 Å². The Bertz CT molecular complexity index is 783. The van der Waals surface area contributed by atoms with Crippen LogP contribution in [0.3, 0.4) is 0 Å². The molecular weight excluding hydrogens is 371 g/mol. The number of rotatable bonds is 6. The van der Waals surface area contributed by atoms with Crippen LogP contribution in [0.15, 0.2) is 42.5 Å². The summed E-state index contributed by atoms with van der Waals surface area (Å²) >= 11 is 11.7. The molecule has 0 aliphatic carbocycles. The van der Waals surface area contributed by atoms with Crippen molar-refractivity contribution in [3.05, 3.63) is 73.8 Å². The largest absolute Gasteiger partial charge is 0.394 e. The molecule has 0 bridgehead atoms. The van der Waals surface area contributed by atoms with Crippen molar-refractivity contribution < 1.29 is 19.9 Å². The Morgan fingerprint density at radius 3 is 2.36 bits per heavy atom. The number of hydrogen-bond acceptors (Lipinski definition) is 5. The van der Waals surface area contributed by atoms with Gasteiger partial charge in [-0.15, -0.1) is 0 Å². The number of benzene rings is 2. The monoisotopic (exact) mass is 384 g/mol. The molecule has 7 nitrogen and oxygen atoms in total. The average molecular weight is 385 g/mol. The molecule has 3 N–H and O–H groups in total. The Balaban J connectivity index is 2.15. The summed E-state index contributed by atoms with van der Waals surface area (Å²) in [5, 5.41) is 33.4. The first-order valence-corrected chi connectivity index (χ1v) is 7.88. The number of hydrogen-bond donors (Lipinski definition) is 3. The third kappa shape index (κ3) is 4.67. The lowest BCUT2D eigenvalue weighted by atomic mass is 10.0. The summed E-state index contributed by atoms with van der Waals surface area (Å²) in [6, 6.07) is 8.45. The minimum absolute atomic E-state index is 0.131. The number of non-ortho nitro benzene ring substituents is 1. The van der Waals surface area contributed by atoms with Crippen molar-refractivity contribution in [1.82, 2.24) is 5.32 Å². The van der Waals surface area contributed by atoms with Crippen molar-refractivity contribution in [3.63, 3.8) is 0 Å². The Morgan fingerprint density at radius 1 is 1.20 bits per heavy atom. The molecule has 0 unspecified atom stereocenters. The van der Waals surface area contributed by atoms with Gasteiger partial charge in [0.05, 0.1) is 28.2 Å². The molecule has 0 aliphatic rings. The maximum Gasteiger partial charge on any atom is 0.269 e. The van der Waals surface area contributed by atoms with E-state index >= 15 is 0 Å². The quantitative estimate of drug-likeness (QED) is 0.523. The fraction of sp³-hybridized carbons (Fsp3) is 0.188. The molecule has 0 aromatic heterocycles. The summed E-state index contributed by atoms with van der Waals surface area (Å²) in [4.78, 5) is 22.4. The van der Waals surface area contributed by atoms with Crippen LogP contribution in [-0.4, -0.2) is 33.7 Å². The first-order valence-electron chi connectivity index (χ1n) is 7.12. The number of halogens is 2. The third-order valence-electron chi connectivity index (χ3n) is 3.52. The van der Waals surface area contributed by atoms with Crippen LogP contribution in [0, 0.1) is 10.1 Å². The molecule has 0 radical (unpaired) electrons. The van der Waals surface area contributed by atoms with Gasteiger partial charge in [0.15, 0.2) is 0 Å². The summed E-state index contributed by atoms with van der Waals surface area (Å²) in [7, 11) is 0. The molecule has 2 rings (SSSR count). The van der Waals surface area contributed by atoms with Crippen LogP contribution in [0.2, 0.25) is 10.0 Å². The van der Waals surface area contributed by atoms with Gasteiger partial charge in [-0.2, -0.15) is 0 Å². The van der Waals surface area contributed by atoms with Gasteiger partial charge in [0.2, 0.25) is 0 Å². The first-order chi connectivity index (χ1) is 11.8. The zero-order valence-electron chi connectivity index (χ0n) is 12.7. The highest BCUT2D eigenvalue weighted by Crippen LogP contribution is 2.23. The number of nitro groups is 1. The van der Waals surface area contributed by atoms with Crippen LogP contribution in [0.25, 0.3) is 0 Å². The van der Waals surface area contributed by atoms with Gasteiger partial charge in [0.25, 0.3) is 11.6 Å². The van der Waals surface area contributed by atoms with Crippen LogP contribution in [0.1, 0.15) is 22.0 Å². The van der Waals surface area contributed by atoms with E-state index in [-0.39, 0.29) is 16.3 Å². The highest BCUT2D eigenvalue weighted by atomic mass is 35.5. The molecular formula is C16H14Cl2N2O5. The lowest BCUT2D eigenvalue weighted by Gasteiger charge is -2.22. The van der Waals surface area contributed by atoms with Crippen molar-refractivity contribution >= 4 is 34.8 Å². The van der Waals surface area contributed by atoms with Gasteiger partial charge in [-0.25, -0.2) is 0 Å². The van der Waals surface area contributed by atoms with E-state index < -0.39 is 29.6 Å². The smallest absolute Gasteiger partial charge is 0.269 e. The number of carbonyl (C=O) groups excluding carboxylic acids is 1. The molecule has 1 amide bonds. The SMILES string of the molecule is O=C(N[C@H](CO)[C@H](O)c1ccc([N+](=O)[O-])cc1)c1ccc(Cl)cc1Cl. The molecule has 2 aromatic carbocycles. The normalized spacial score (nSPS) is 13.1. The van der Waals surface area contributed by atoms with E-state index in [2.05, 4.69) is 5.32 Å². The van der Waals surface area contributed by atoms with E-state index in [1.165, 1.54) is 42.5 Å². The minimum Gasteiger partial charge on any atom is -0.394 e. The van der Waals surface area contributed by atoms with Gasteiger partial charge < -0.3 is 15.5 Å². The molecule has 9 heteroatoms. The van der Waals surface area contributed by atoms with E-state index in [4.69, 9.17) is 23.2 Å². The summed E-state index contributed by atoms with van der Waals surface area (Å²) in [5.74, 6) is -0.596. The third-order valence-corrected chi connectivity index (χ3v) is 4.06. The standard InChI is InChI=1S/C16H14Cl2N2O5/c17-10-3-6-12(13(18)7-10)16(23)19-14(8-21)15(22)9-1-4-11(5-2-9)20(24)25/h1-7,14-15,21-22H,8H2,(H,19,23)/t14-,15-/m1/s1. The summed E-state index contributed by atoms with van der Waals surface area (Å²) in [6.07, 6.45) is -1.26. The summed E-state index contributed by atoms with van der Waals surface area (Å²) in [5.41, 5.74) is 0.320. The Labute approximate surface area is 153 Å². The number of carbonyl (C=O) groups is 1. The van der Waals surface area contributed by atoms with Crippen molar-refractivity contribution in [2.75, 3.05) is 6.61 Å². The van der Waals surface area contributed by atoms with Crippen LogP contribution >= 0.6 is 23.2 Å². The predicted octanol–water partition coefficient (Wildman–Crippen LogP) is 2.73. The number of nitrogens with zero attached hydrogens (tertiary/aromatic N) is 1. The molecule has 0 fully saturated rings. The number of aliphatic hydroxyl groups excluding tert-OH is 2. The number of nitro benzene ring substituents is 1. The molecule has 2 aromatic rings. The lowest BCUT2D eigenvalue weighted by Crippen LogP contribution is -2.42. The molecule has 0 saturated heterocycles. The van der Waals surface area contributed by atoms with Gasteiger partial charge in [0, 0.05) is 17.2 Å². The van der Waals surface area contributed by atoms with Gasteiger partial charge >= 0.3 is 0 Å². The molecule has 25 heavy (non-hydrogen) atoms. The van der Waals surface area contributed by atoms with E-state index in [1.807, 2.05) is 0 Å². The highest BCUT2D eigenvalue weighted by molar-refractivity contribution is 6.36. The number of amides is 1. The lowest BCUT2D eigenvalue weighted by molar-refractivity contribution is -0.384. The average Bonchev–Trinajstić information content (AvgIpc) is 2.58. The van der Waals surface area contributed by atoms with E-state index in [0.717, 1.165) is 0 Å². The molecule has 132 valence electrons. The van der Waals surface area contributed by atoms with Crippen molar-refractivity contribution in [3.8, 4) is 0 Å². The van der Waals surface area contributed by atoms with Crippen molar-refractivity contribution in [1.29, 1.82) is 0 Å². The second-order valence-electron chi connectivity index (χ2n) is 5.18. The maximum absolute atomic E-state index is 12.3. The zero-order chi connectivity index (χ0) is 18.6. The first kappa shape index (κ1) is 19.1. The molecule has 0 heterocycles. The summed E-state index contributed by atoms with van der Waals surface area (Å²) in [6.45, 7) is -0.547. The van der Waals surface area contributed by atoms with Crippen LogP contribution < -0.4 is 5.32 Å². The Hall–Kier alpha value is -2.19. The minimum atomic E-state index is -1.26. The zero-order valence-corrected chi connectivity index (χ0v) is 14.2. The van der Waals surface area contributed by atoms with Crippen LogP contribution in [0.5, 0.6) is 0 Å². The molecule has 2 atom stereocenters. The fourth-order valence-corrected chi connectivity index (χ4v) is 2.66. The predicted molar refractivity (Wildman–Crippen MR) is 92.9 cm³/mol. The summed E-state index contributed by atoms with van der Waals surface area (Å²) < 4.78 is 0. The Kier molecular flexibility index (Phi) is 6.33. The van der Waals surface area contributed by atoms with Crippen molar-refractivity contribution in [2.24, 2.45) is 0 Å². The maximum atomic E-state index is 12.3. The van der Waals surface area contributed by atoms with Gasteiger partial charge in [-0.05, 0) is 35.9 Å². The topological polar surface area (TPSA) is 113 Å².